The number of rotatable bonds is 4. The number of hydrogen-bond donors (Lipinski definition) is 1. The van der Waals surface area contributed by atoms with Crippen LogP contribution in [0.25, 0.3) is 0 Å². The SMILES string of the molecule is CC(Nc1cccc(S(C)(=O)=O)c1)c1ccncc1. The molecule has 1 heterocycles. The molecule has 1 aromatic carbocycles. The van der Waals surface area contributed by atoms with Crippen molar-refractivity contribution in [2.24, 2.45) is 0 Å². The quantitative estimate of drug-likeness (QED) is 0.932. The largest absolute Gasteiger partial charge is 0.378 e. The number of sulfone groups is 1. The Bertz CT molecular complexity index is 654. The summed E-state index contributed by atoms with van der Waals surface area (Å²) in [5.41, 5.74) is 1.88. The van der Waals surface area contributed by atoms with Gasteiger partial charge in [0.1, 0.15) is 0 Å². The lowest BCUT2D eigenvalue weighted by Crippen LogP contribution is -2.07. The van der Waals surface area contributed by atoms with Crippen LogP contribution in [0.4, 0.5) is 5.69 Å². The van der Waals surface area contributed by atoms with Gasteiger partial charge >= 0.3 is 0 Å². The number of anilines is 1. The molecular weight excluding hydrogens is 260 g/mol. The average Bonchev–Trinajstić information content (AvgIpc) is 2.39. The molecule has 0 spiro atoms. The summed E-state index contributed by atoms with van der Waals surface area (Å²) in [6.45, 7) is 2.02. The van der Waals surface area contributed by atoms with Gasteiger partial charge in [-0.3, -0.25) is 4.98 Å². The third-order valence-electron chi connectivity index (χ3n) is 2.85. The summed E-state index contributed by atoms with van der Waals surface area (Å²) in [5.74, 6) is 0. The Morgan fingerprint density at radius 1 is 1.16 bits per heavy atom. The summed E-state index contributed by atoms with van der Waals surface area (Å²) < 4.78 is 23.0. The molecule has 1 N–H and O–H groups in total. The zero-order valence-corrected chi connectivity index (χ0v) is 11.7. The van der Waals surface area contributed by atoms with Crippen LogP contribution in [0.15, 0.2) is 53.7 Å². The van der Waals surface area contributed by atoms with Crippen molar-refractivity contribution < 1.29 is 8.42 Å². The predicted octanol–water partition coefficient (Wildman–Crippen LogP) is 2.66. The van der Waals surface area contributed by atoms with Gasteiger partial charge in [-0.15, -0.1) is 0 Å². The minimum absolute atomic E-state index is 0.0813. The summed E-state index contributed by atoms with van der Waals surface area (Å²) in [6.07, 6.45) is 4.68. The van der Waals surface area contributed by atoms with Crippen LogP contribution >= 0.6 is 0 Å². The molecule has 0 aliphatic carbocycles. The van der Waals surface area contributed by atoms with Crippen LogP contribution in [0.3, 0.4) is 0 Å². The zero-order chi connectivity index (χ0) is 13.9. The van der Waals surface area contributed by atoms with Crippen LogP contribution in [-0.4, -0.2) is 19.7 Å². The highest BCUT2D eigenvalue weighted by molar-refractivity contribution is 7.90. The summed E-state index contributed by atoms with van der Waals surface area (Å²) in [6, 6.07) is 10.8. The first-order chi connectivity index (χ1) is 8.97. The number of aromatic nitrogens is 1. The lowest BCUT2D eigenvalue weighted by atomic mass is 10.1. The number of nitrogens with one attached hydrogen (secondary N) is 1. The zero-order valence-electron chi connectivity index (χ0n) is 10.9. The van der Waals surface area contributed by atoms with Gasteiger partial charge in [-0.25, -0.2) is 8.42 Å². The summed E-state index contributed by atoms with van der Waals surface area (Å²) >= 11 is 0. The molecule has 0 aliphatic rings. The standard InChI is InChI=1S/C14H16N2O2S/c1-11(12-6-8-15-9-7-12)16-13-4-3-5-14(10-13)19(2,17)18/h3-11,16H,1-2H3. The van der Waals surface area contributed by atoms with Crippen LogP contribution in [0.2, 0.25) is 0 Å². The maximum atomic E-state index is 11.5. The first-order valence-corrected chi connectivity index (χ1v) is 7.82. The van der Waals surface area contributed by atoms with Gasteiger partial charge in [-0.1, -0.05) is 6.07 Å². The normalized spacial score (nSPS) is 12.9. The lowest BCUT2D eigenvalue weighted by Gasteiger charge is -2.16. The van der Waals surface area contributed by atoms with Crippen LogP contribution < -0.4 is 5.32 Å². The van der Waals surface area contributed by atoms with Crippen LogP contribution in [0.5, 0.6) is 0 Å². The highest BCUT2D eigenvalue weighted by atomic mass is 32.2. The number of pyridine rings is 1. The summed E-state index contributed by atoms with van der Waals surface area (Å²) in [7, 11) is -3.18. The number of hydrogen-bond acceptors (Lipinski definition) is 4. The molecule has 2 rings (SSSR count). The topological polar surface area (TPSA) is 59.1 Å². The highest BCUT2D eigenvalue weighted by Gasteiger charge is 2.09. The molecule has 0 fully saturated rings. The average molecular weight is 276 g/mol. The van der Waals surface area contributed by atoms with E-state index in [9.17, 15) is 8.42 Å². The molecular formula is C14H16N2O2S. The van der Waals surface area contributed by atoms with Gasteiger partial charge in [0.15, 0.2) is 9.84 Å². The molecule has 0 amide bonds. The molecule has 1 unspecified atom stereocenters. The van der Waals surface area contributed by atoms with E-state index in [1.54, 1.807) is 30.6 Å². The third kappa shape index (κ3) is 3.54. The molecule has 0 radical (unpaired) electrons. The van der Waals surface area contributed by atoms with E-state index in [-0.39, 0.29) is 6.04 Å². The van der Waals surface area contributed by atoms with Crippen LogP contribution in [0.1, 0.15) is 18.5 Å². The van der Waals surface area contributed by atoms with Crippen molar-refractivity contribution >= 4 is 15.5 Å². The molecule has 19 heavy (non-hydrogen) atoms. The summed E-state index contributed by atoms with van der Waals surface area (Å²) in [5, 5.41) is 3.28. The Morgan fingerprint density at radius 3 is 2.47 bits per heavy atom. The van der Waals surface area contributed by atoms with Crippen molar-refractivity contribution in [3.05, 3.63) is 54.4 Å². The monoisotopic (exact) mass is 276 g/mol. The Balaban J connectivity index is 2.20. The Morgan fingerprint density at radius 2 is 1.84 bits per heavy atom. The van der Waals surface area contributed by atoms with Crippen molar-refractivity contribution in [3.63, 3.8) is 0 Å². The van der Waals surface area contributed by atoms with Crippen molar-refractivity contribution in [1.29, 1.82) is 0 Å². The molecule has 0 bridgehead atoms. The second-order valence-corrected chi connectivity index (χ2v) is 6.46. The fraction of sp³-hybridized carbons (Fsp3) is 0.214. The Hall–Kier alpha value is -1.88. The second kappa shape index (κ2) is 5.40. The fourth-order valence-corrected chi connectivity index (χ4v) is 2.47. The van der Waals surface area contributed by atoms with E-state index in [1.807, 2.05) is 25.1 Å². The lowest BCUT2D eigenvalue weighted by molar-refractivity contribution is 0.602. The van der Waals surface area contributed by atoms with Gasteiger partial charge < -0.3 is 5.32 Å². The van der Waals surface area contributed by atoms with Crippen molar-refractivity contribution in [2.75, 3.05) is 11.6 Å². The van der Waals surface area contributed by atoms with Crippen molar-refractivity contribution in [2.45, 2.75) is 17.9 Å². The molecule has 0 saturated heterocycles. The van der Waals surface area contributed by atoms with E-state index in [2.05, 4.69) is 10.3 Å². The van der Waals surface area contributed by atoms with Crippen LogP contribution in [-0.2, 0) is 9.84 Å². The minimum atomic E-state index is -3.18. The first kappa shape index (κ1) is 13.5. The molecule has 4 nitrogen and oxygen atoms in total. The van der Waals surface area contributed by atoms with E-state index >= 15 is 0 Å². The van der Waals surface area contributed by atoms with Gasteiger partial charge in [-0.2, -0.15) is 0 Å². The molecule has 1 atom stereocenters. The maximum Gasteiger partial charge on any atom is 0.175 e. The molecule has 0 saturated carbocycles. The maximum absolute atomic E-state index is 11.5. The van der Waals surface area contributed by atoms with Gasteiger partial charge in [0.2, 0.25) is 0 Å². The first-order valence-electron chi connectivity index (χ1n) is 5.93. The van der Waals surface area contributed by atoms with Crippen LogP contribution in [0, 0.1) is 0 Å². The van der Waals surface area contributed by atoms with E-state index in [0.717, 1.165) is 11.3 Å². The highest BCUT2D eigenvalue weighted by Crippen LogP contribution is 2.21. The van der Waals surface area contributed by atoms with Gasteiger partial charge in [0.25, 0.3) is 0 Å². The molecule has 1 aromatic heterocycles. The van der Waals surface area contributed by atoms with Gasteiger partial charge in [0.05, 0.1) is 4.90 Å². The smallest absolute Gasteiger partial charge is 0.175 e. The summed E-state index contributed by atoms with van der Waals surface area (Å²) in [4.78, 5) is 4.29. The minimum Gasteiger partial charge on any atom is -0.378 e. The van der Waals surface area contributed by atoms with E-state index in [0.29, 0.717) is 4.90 Å². The Labute approximate surface area is 113 Å². The molecule has 0 aliphatic heterocycles. The van der Waals surface area contributed by atoms with E-state index in [1.165, 1.54) is 6.26 Å². The number of nitrogens with zero attached hydrogens (tertiary/aromatic N) is 1. The molecule has 2 aromatic rings. The van der Waals surface area contributed by atoms with Crippen molar-refractivity contribution in [3.8, 4) is 0 Å². The van der Waals surface area contributed by atoms with E-state index in [4.69, 9.17) is 0 Å². The van der Waals surface area contributed by atoms with E-state index < -0.39 is 9.84 Å². The van der Waals surface area contributed by atoms with Gasteiger partial charge in [-0.05, 0) is 42.8 Å². The molecule has 100 valence electrons. The predicted molar refractivity (Wildman–Crippen MR) is 75.8 cm³/mol. The number of benzene rings is 1. The van der Waals surface area contributed by atoms with Crippen molar-refractivity contribution in [1.82, 2.24) is 4.98 Å². The van der Waals surface area contributed by atoms with Gasteiger partial charge in [0, 0.05) is 30.4 Å². The second-order valence-electron chi connectivity index (χ2n) is 4.45. The fourth-order valence-electron chi connectivity index (χ4n) is 1.80. The third-order valence-corrected chi connectivity index (χ3v) is 3.96. The molecule has 5 heteroatoms. The Kier molecular flexibility index (Phi) is 3.85.